The molecule has 0 bridgehead atoms. The maximum absolute atomic E-state index is 13.1. The van der Waals surface area contributed by atoms with Gasteiger partial charge in [0.15, 0.2) is 0 Å². The lowest BCUT2D eigenvalue weighted by Gasteiger charge is -2.31. The van der Waals surface area contributed by atoms with E-state index in [0.29, 0.717) is 19.4 Å². The fourth-order valence-electron chi connectivity index (χ4n) is 2.74. The second-order valence-corrected chi connectivity index (χ2v) is 6.32. The van der Waals surface area contributed by atoms with Gasteiger partial charge in [-0.25, -0.2) is 14.8 Å². The van der Waals surface area contributed by atoms with Crippen molar-refractivity contribution in [2.24, 2.45) is 11.7 Å². The van der Waals surface area contributed by atoms with E-state index >= 15 is 0 Å². The van der Waals surface area contributed by atoms with Crippen molar-refractivity contribution in [3.05, 3.63) is 29.8 Å². The number of halogens is 4. The van der Waals surface area contributed by atoms with Crippen LogP contribution in [0.1, 0.15) is 32.3 Å². The van der Waals surface area contributed by atoms with Gasteiger partial charge >= 0.3 is 12.2 Å². The molecule has 152 valence electrons. The molecule has 2 atom stereocenters. The van der Waals surface area contributed by atoms with Crippen LogP contribution in [0.4, 0.5) is 23.7 Å². The van der Waals surface area contributed by atoms with Crippen LogP contribution >= 0.6 is 12.4 Å². The van der Waals surface area contributed by atoms with Crippen LogP contribution in [0.2, 0.25) is 0 Å². The van der Waals surface area contributed by atoms with Crippen LogP contribution in [0.3, 0.4) is 0 Å². The third-order valence-electron chi connectivity index (χ3n) is 4.54. The third-order valence-corrected chi connectivity index (χ3v) is 4.54. The fraction of sp³-hybridized carbons (Fsp3) is 0.529. The van der Waals surface area contributed by atoms with E-state index in [0.717, 1.165) is 11.1 Å². The van der Waals surface area contributed by atoms with Crippen molar-refractivity contribution in [1.29, 1.82) is 0 Å². The lowest BCUT2D eigenvalue weighted by molar-refractivity contribution is -0.142. The van der Waals surface area contributed by atoms with E-state index in [9.17, 15) is 22.8 Å². The van der Waals surface area contributed by atoms with Crippen molar-refractivity contribution < 1.29 is 22.8 Å². The average molecular weight is 409 g/mol. The summed E-state index contributed by atoms with van der Waals surface area (Å²) in [6, 6.07) is 3.15. The maximum atomic E-state index is 13.1. The number of carbonyl (C=O) groups excluding carboxylic acids is 2. The lowest BCUT2D eigenvalue weighted by Crippen LogP contribution is -2.53. The number of benzene rings is 1. The predicted molar refractivity (Wildman–Crippen MR) is 98.2 cm³/mol. The van der Waals surface area contributed by atoms with E-state index < -0.39 is 29.7 Å². The molecule has 6 nitrogen and oxygen atoms in total. The Bertz CT molecular complexity index is 672. The zero-order valence-electron chi connectivity index (χ0n) is 15.1. The normalized spacial score (nSPS) is 16.5. The number of hydrazine groups is 1. The molecule has 27 heavy (non-hydrogen) atoms. The number of hydrogen-bond acceptors (Lipinski definition) is 3. The number of alkyl halides is 3. The van der Waals surface area contributed by atoms with Gasteiger partial charge in [0.25, 0.3) is 5.91 Å². The first kappa shape index (κ1) is 23.0. The molecule has 1 unspecified atom stereocenters. The molecule has 0 saturated carbocycles. The highest BCUT2D eigenvalue weighted by atomic mass is 35.5. The Morgan fingerprint density at radius 3 is 2.41 bits per heavy atom. The second kappa shape index (κ2) is 9.27. The standard InChI is InChI=1S/C17H23F3N4O2.ClH/c1-3-11(2)14(21)15(25)23-9-6-10-24(23)16(26)22-13-8-5-4-7-12(13)17(18,19)20;/h4-5,7-8,11,14H,3,6,9-10,21H2,1-2H3,(H,22,26);1H/t11?,14-;/m0./s1. The largest absolute Gasteiger partial charge is 0.418 e. The zero-order valence-corrected chi connectivity index (χ0v) is 15.9. The number of rotatable bonds is 4. The summed E-state index contributed by atoms with van der Waals surface area (Å²) < 4.78 is 39.2. The van der Waals surface area contributed by atoms with E-state index in [2.05, 4.69) is 5.32 Å². The summed E-state index contributed by atoms with van der Waals surface area (Å²) in [6.45, 7) is 4.28. The molecule has 1 saturated heterocycles. The van der Waals surface area contributed by atoms with E-state index in [1.54, 1.807) is 0 Å². The molecule has 3 amide bonds. The molecule has 0 aliphatic carbocycles. The summed E-state index contributed by atoms with van der Waals surface area (Å²) in [5.41, 5.74) is 4.65. The van der Waals surface area contributed by atoms with Crippen molar-refractivity contribution in [3.8, 4) is 0 Å². The summed E-state index contributed by atoms with van der Waals surface area (Å²) in [5.74, 6) is -0.477. The Balaban J connectivity index is 0.00000364. The van der Waals surface area contributed by atoms with Crippen LogP contribution in [0.15, 0.2) is 24.3 Å². The third kappa shape index (κ3) is 5.26. The summed E-state index contributed by atoms with van der Waals surface area (Å²) in [5, 5.41) is 4.61. The summed E-state index contributed by atoms with van der Waals surface area (Å²) in [6.07, 6.45) is -3.36. The molecule has 1 aromatic rings. The summed E-state index contributed by atoms with van der Waals surface area (Å²) in [4.78, 5) is 25.0. The van der Waals surface area contributed by atoms with Gasteiger partial charge in [-0.1, -0.05) is 32.4 Å². The second-order valence-electron chi connectivity index (χ2n) is 6.32. The molecule has 10 heteroatoms. The number of nitrogens with zero attached hydrogens (tertiary/aromatic N) is 2. The van der Waals surface area contributed by atoms with Gasteiger partial charge < -0.3 is 11.1 Å². The maximum Gasteiger partial charge on any atom is 0.418 e. The van der Waals surface area contributed by atoms with Gasteiger partial charge in [0.1, 0.15) is 0 Å². The van der Waals surface area contributed by atoms with Crippen LogP contribution in [0.5, 0.6) is 0 Å². The van der Waals surface area contributed by atoms with Gasteiger partial charge in [-0.15, -0.1) is 12.4 Å². The van der Waals surface area contributed by atoms with E-state index in [1.807, 2.05) is 13.8 Å². The van der Waals surface area contributed by atoms with Crippen LogP contribution in [-0.2, 0) is 11.0 Å². The summed E-state index contributed by atoms with van der Waals surface area (Å²) in [7, 11) is 0. The molecule has 1 heterocycles. The van der Waals surface area contributed by atoms with Crippen molar-refractivity contribution in [1.82, 2.24) is 10.0 Å². The highest BCUT2D eigenvalue weighted by molar-refractivity contribution is 5.93. The van der Waals surface area contributed by atoms with Crippen molar-refractivity contribution in [2.75, 3.05) is 18.4 Å². The number of urea groups is 1. The number of anilines is 1. The molecule has 0 radical (unpaired) electrons. The van der Waals surface area contributed by atoms with Crippen LogP contribution < -0.4 is 11.1 Å². The molecule has 2 rings (SSSR count). The molecule has 3 N–H and O–H groups in total. The number of hydrogen-bond donors (Lipinski definition) is 2. The van der Waals surface area contributed by atoms with Gasteiger partial charge in [-0.05, 0) is 24.5 Å². The Kier molecular flexibility index (Phi) is 7.91. The van der Waals surface area contributed by atoms with Crippen molar-refractivity contribution in [2.45, 2.75) is 38.9 Å². The average Bonchev–Trinajstić information content (AvgIpc) is 3.09. The number of para-hydroxylation sites is 1. The van der Waals surface area contributed by atoms with Gasteiger partial charge in [0, 0.05) is 13.1 Å². The monoisotopic (exact) mass is 408 g/mol. The first-order chi connectivity index (χ1) is 12.2. The van der Waals surface area contributed by atoms with Crippen LogP contribution in [0.25, 0.3) is 0 Å². The Morgan fingerprint density at radius 2 is 1.81 bits per heavy atom. The minimum Gasteiger partial charge on any atom is -0.320 e. The number of nitrogens with two attached hydrogens (primary N) is 1. The van der Waals surface area contributed by atoms with E-state index in [1.165, 1.54) is 23.2 Å². The van der Waals surface area contributed by atoms with Gasteiger partial charge in [-0.2, -0.15) is 13.2 Å². The molecule has 1 aliphatic rings. The highest BCUT2D eigenvalue weighted by Crippen LogP contribution is 2.34. The molecule has 1 aromatic carbocycles. The SMILES string of the molecule is CCC(C)[C@H](N)C(=O)N1CCCN1C(=O)Nc1ccccc1C(F)(F)F.Cl. The zero-order chi connectivity index (χ0) is 19.5. The predicted octanol–water partition coefficient (Wildman–Crippen LogP) is 3.48. The molecule has 1 fully saturated rings. The van der Waals surface area contributed by atoms with E-state index in [-0.39, 0.29) is 30.6 Å². The smallest absolute Gasteiger partial charge is 0.320 e. The first-order valence-electron chi connectivity index (χ1n) is 8.48. The summed E-state index contributed by atoms with van der Waals surface area (Å²) >= 11 is 0. The minimum absolute atomic E-state index is 0. The fourth-order valence-corrected chi connectivity index (χ4v) is 2.74. The topological polar surface area (TPSA) is 78.7 Å². The molecule has 1 aliphatic heterocycles. The van der Waals surface area contributed by atoms with Crippen LogP contribution in [0, 0.1) is 5.92 Å². The van der Waals surface area contributed by atoms with Crippen molar-refractivity contribution in [3.63, 3.8) is 0 Å². The number of amides is 3. The Morgan fingerprint density at radius 1 is 1.22 bits per heavy atom. The molecule has 0 spiro atoms. The van der Waals surface area contributed by atoms with Crippen molar-refractivity contribution >= 4 is 30.0 Å². The van der Waals surface area contributed by atoms with Gasteiger partial charge in [-0.3, -0.25) is 4.79 Å². The molecular formula is C17H24ClF3N4O2. The number of nitrogens with one attached hydrogen (secondary N) is 1. The Hall–Kier alpha value is -2.00. The molecular weight excluding hydrogens is 385 g/mol. The minimum atomic E-state index is -4.59. The lowest BCUT2D eigenvalue weighted by atomic mass is 9.99. The quantitative estimate of drug-likeness (QED) is 0.800. The first-order valence-corrected chi connectivity index (χ1v) is 8.48. The Labute approximate surface area is 162 Å². The molecule has 0 aromatic heterocycles. The van der Waals surface area contributed by atoms with Gasteiger partial charge in [0.2, 0.25) is 0 Å². The van der Waals surface area contributed by atoms with E-state index in [4.69, 9.17) is 5.73 Å². The number of carbonyl (C=O) groups is 2. The highest BCUT2D eigenvalue weighted by Gasteiger charge is 2.37. The van der Waals surface area contributed by atoms with Crippen LogP contribution in [-0.4, -0.2) is 41.1 Å². The van der Waals surface area contributed by atoms with Gasteiger partial charge in [0.05, 0.1) is 17.3 Å².